The van der Waals surface area contributed by atoms with E-state index < -0.39 is 0 Å². The maximum atomic E-state index is 3.45. The second kappa shape index (κ2) is 4.55. The van der Waals surface area contributed by atoms with Crippen LogP contribution in [-0.2, 0) is 12.8 Å². The molecule has 3 aromatic carbocycles. The first kappa shape index (κ1) is 14.2. The molecule has 0 saturated heterocycles. The van der Waals surface area contributed by atoms with E-state index in [0.717, 1.165) is 12.8 Å². The standard InChI is InChI=1S/C22H19N.Bk/c1-13-4-5-15-6-8-17-12-18-9-7-16-10-11-23(3)22(16)21(18)20(17)19(15)14(13)2;/h4-9H,10,12H2,1-3H3;. The number of nitrogens with zero attached hydrogens (tertiary/aromatic N) is 1. The molecule has 0 fully saturated rings. The van der Waals surface area contributed by atoms with Crippen molar-refractivity contribution in [3.63, 3.8) is 0 Å². The van der Waals surface area contributed by atoms with Crippen molar-refractivity contribution in [2.75, 3.05) is 7.05 Å². The van der Waals surface area contributed by atoms with Crippen LogP contribution >= 0.6 is 0 Å². The Morgan fingerprint density at radius 3 is 2.38 bits per heavy atom. The molecule has 2 heteroatoms. The van der Waals surface area contributed by atoms with Crippen LogP contribution in [0.25, 0.3) is 21.9 Å². The fraction of sp³-hybridized carbons (Fsp3) is 0.227. The summed E-state index contributed by atoms with van der Waals surface area (Å²) in [6.45, 7) is 4.48. The molecule has 0 amide bonds. The van der Waals surface area contributed by atoms with Crippen LogP contribution in [0.5, 0.6) is 0 Å². The summed E-state index contributed by atoms with van der Waals surface area (Å²) in [6.07, 6.45) is 5.43. The summed E-state index contributed by atoms with van der Waals surface area (Å²) < 4.78 is 2.20. The van der Waals surface area contributed by atoms with Crippen LogP contribution in [0.2, 0.25) is 0 Å². The van der Waals surface area contributed by atoms with Crippen LogP contribution in [0.3, 0.4) is 0 Å². The molecule has 2 aliphatic rings. The summed E-state index contributed by atoms with van der Waals surface area (Å²) in [5.41, 5.74) is 11.4. The molecule has 0 atom stereocenters. The van der Waals surface area contributed by atoms with Gasteiger partial charge in [0.05, 0.1) is 5.69 Å². The van der Waals surface area contributed by atoms with Gasteiger partial charge >= 0.3 is 0 Å². The Kier molecular flexibility index (Phi) is 2.69. The van der Waals surface area contributed by atoms with Crippen LogP contribution in [0.15, 0.2) is 36.4 Å². The molecule has 0 bridgehead atoms. The van der Waals surface area contributed by atoms with E-state index in [1.165, 1.54) is 55.4 Å². The predicted molar refractivity (Wildman–Crippen MR) is 96.2 cm³/mol. The van der Waals surface area contributed by atoms with E-state index >= 15 is 0 Å². The maximum absolute atomic E-state index is 3.45. The molecule has 3 aromatic rings. The van der Waals surface area contributed by atoms with Gasteiger partial charge in [-0.2, -0.15) is 0 Å². The van der Waals surface area contributed by atoms with Gasteiger partial charge < -0.3 is 4.58 Å². The Morgan fingerprint density at radius 1 is 0.875 bits per heavy atom. The Morgan fingerprint density at radius 2 is 1.54 bits per heavy atom. The third-order valence-electron chi connectivity index (χ3n) is 5.62. The van der Waals surface area contributed by atoms with Crippen LogP contribution in [-0.4, -0.2) is 17.8 Å². The van der Waals surface area contributed by atoms with Gasteiger partial charge in [0.2, 0.25) is 0 Å². The summed E-state index contributed by atoms with van der Waals surface area (Å²) in [4.78, 5) is 0. The van der Waals surface area contributed by atoms with Gasteiger partial charge in [0.25, 0.3) is 0 Å². The third-order valence-corrected chi connectivity index (χ3v) is 5.62. The Hall–Kier alpha value is -3.41. The van der Waals surface area contributed by atoms with E-state index in [2.05, 4.69) is 68.1 Å². The number of benzene rings is 3. The summed E-state index contributed by atoms with van der Waals surface area (Å²) in [6, 6.07) is 13.7. The molecule has 1 aliphatic carbocycles. The van der Waals surface area contributed by atoms with Gasteiger partial charge in [-0.05, 0) is 70.8 Å². The Labute approximate surface area is 136 Å². The molecule has 1 heterocycles. The zero-order chi connectivity index (χ0) is 15.7. The molecule has 1 nitrogen and oxygen atoms in total. The summed E-state index contributed by atoms with van der Waals surface area (Å²) in [5, 5.41) is 2.79. The van der Waals surface area contributed by atoms with Crippen LogP contribution < -0.4 is 0 Å². The summed E-state index contributed by atoms with van der Waals surface area (Å²) in [5.74, 6) is 0. The quantitative estimate of drug-likeness (QED) is 0.221. The summed E-state index contributed by atoms with van der Waals surface area (Å²) in [7, 11) is 2.13. The first-order valence-corrected chi connectivity index (χ1v) is 8.29. The van der Waals surface area contributed by atoms with Crippen LogP contribution in [0.1, 0.15) is 27.8 Å². The molecule has 121 valence electrons. The van der Waals surface area contributed by atoms with Gasteiger partial charge in [0, 0.05) is 6.21 Å². The second-order valence-corrected chi connectivity index (χ2v) is 6.88. The van der Waals surface area contributed by atoms with E-state index in [4.69, 9.17) is 0 Å². The van der Waals surface area contributed by atoms with Crippen LogP contribution in [0, 0.1) is 13.8 Å². The zero-order valence-electron chi connectivity index (χ0n) is 14.2. The molecular formula is C22H19BkN. The first-order valence-electron chi connectivity index (χ1n) is 8.29. The van der Waals surface area contributed by atoms with E-state index in [-0.39, 0.29) is 0 Å². The molecule has 5 rings (SSSR count). The van der Waals surface area contributed by atoms with Crippen molar-refractivity contribution < 1.29 is 4.58 Å². The summed E-state index contributed by atoms with van der Waals surface area (Å²) >= 11 is 0. The van der Waals surface area contributed by atoms with E-state index in [0.29, 0.717) is 0 Å². The van der Waals surface area contributed by atoms with E-state index in [1.54, 1.807) is 0 Å². The third kappa shape index (κ3) is 1.57. The second-order valence-electron chi connectivity index (χ2n) is 6.88. The van der Waals surface area contributed by atoms with Gasteiger partial charge in [-0.3, -0.25) is 0 Å². The van der Waals surface area contributed by atoms with Gasteiger partial charge in [-0.1, -0.05) is 42.0 Å². The minimum atomic E-state index is 0. The fourth-order valence-corrected chi connectivity index (χ4v) is 4.29. The van der Waals surface area contributed by atoms with Gasteiger partial charge in [-0.15, -0.1) is 0 Å². The molecular weight excluding hydrogens is 525 g/mol. The molecule has 0 saturated carbocycles. The Balaban J connectivity index is 0.00000146. The number of hydrogen-bond donors (Lipinski definition) is 0. The van der Waals surface area contributed by atoms with Crippen molar-refractivity contribution in [1.29, 1.82) is 0 Å². The van der Waals surface area contributed by atoms with Crippen LogP contribution in [0.4, 0.5) is 5.69 Å². The SMILES string of the molecule is Cc1ccc2ccc3c(c2c1C)-c1c(ccc2c1[N+](C)=[C-]C2)C3.[Bk]. The number of rotatable bonds is 0. The van der Waals surface area contributed by atoms with E-state index in [1.807, 2.05) is 0 Å². The van der Waals surface area contributed by atoms with Gasteiger partial charge in [0.15, 0.2) is 0 Å². The molecule has 0 unspecified atom stereocenters. The van der Waals surface area contributed by atoms with Crippen molar-refractivity contribution in [3.8, 4) is 11.1 Å². The minimum absolute atomic E-state index is 0. The fourth-order valence-electron chi connectivity index (χ4n) is 4.29. The topological polar surface area (TPSA) is 3.01 Å². The van der Waals surface area contributed by atoms with Gasteiger partial charge in [0.1, 0.15) is 7.05 Å². The van der Waals surface area contributed by atoms with Crippen molar-refractivity contribution in [1.82, 2.24) is 0 Å². The first-order chi connectivity index (χ1) is 11.1. The van der Waals surface area contributed by atoms with E-state index in [9.17, 15) is 0 Å². The number of fused-ring (bicyclic) bond motifs is 7. The smallest absolute Gasteiger partial charge is 0.105 e. The molecule has 0 aromatic heterocycles. The number of hydrogen-bond acceptors (Lipinski definition) is 0. The van der Waals surface area contributed by atoms with Crippen molar-refractivity contribution in [2.24, 2.45) is 0 Å². The average molecular weight is 544 g/mol. The molecule has 1 radical (unpaired) electrons. The average Bonchev–Trinajstić information content (AvgIpc) is 3.11. The molecule has 0 spiro atoms. The van der Waals surface area contributed by atoms with Crippen molar-refractivity contribution >= 4 is 22.7 Å². The monoisotopic (exact) mass is 544 g/mol. The maximum Gasteiger partial charge on any atom is 0.105 e. The molecule has 0 N–H and O–H groups in total. The van der Waals surface area contributed by atoms with Crippen molar-refractivity contribution in [3.05, 3.63) is 64.2 Å². The minimum Gasteiger partial charge on any atom is -0.366 e. The molecule has 1 aliphatic heterocycles. The van der Waals surface area contributed by atoms with Crippen molar-refractivity contribution in [2.45, 2.75) is 26.7 Å². The zero-order valence-corrected chi connectivity index (χ0v) is 16.9. The molecule has 24 heavy (non-hydrogen) atoms. The normalized spacial score (nSPS) is 14.0. The predicted octanol–water partition coefficient (Wildman–Crippen LogP) is 4.81. The number of aryl methyl sites for hydroxylation is 2. The Bertz CT molecular complexity index is 1040. The van der Waals surface area contributed by atoms with Gasteiger partial charge in [-0.25, -0.2) is 0 Å². The largest absolute Gasteiger partial charge is 0.366 e.